The molecule has 134 valence electrons. The highest BCUT2D eigenvalue weighted by Crippen LogP contribution is 2.29. The summed E-state index contributed by atoms with van der Waals surface area (Å²) in [4.78, 5) is 19.5. The van der Waals surface area contributed by atoms with E-state index in [1.165, 1.54) is 6.42 Å². The fraction of sp³-hybridized carbons (Fsp3) is 0.300. The minimum Gasteiger partial charge on any atom is -0.350 e. The number of aromatic nitrogens is 2. The van der Waals surface area contributed by atoms with Crippen molar-refractivity contribution in [3.8, 4) is 0 Å². The molecule has 3 heterocycles. The number of benzene rings is 1. The highest BCUT2D eigenvalue weighted by atomic mass is 35.5. The molecule has 6 heteroatoms. The van der Waals surface area contributed by atoms with Crippen molar-refractivity contribution in [2.45, 2.75) is 19.3 Å². The first-order valence-corrected chi connectivity index (χ1v) is 9.27. The molecule has 0 radical (unpaired) electrons. The second kappa shape index (κ2) is 7.00. The average molecular weight is 369 g/mol. The van der Waals surface area contributed by atoms with Gasteiger partial charge in [0.25, 0.3) is 5.91 Å². The van der Waals surface area contributed by atoms with Crippen molar-refractivity contribution in [2.24, 2.45) is 7.05 Å². The van der Waals surface area contributed by atoms with E-state index in [1.807, 2.05) is 53.0 Å². The summed E-state index contributed by atoms with van der Waals surface area (Å²) in [6, 6.07) is 9.48. The number of rotatable bonds is 3. The summed E-state index contributed by atoms with van der Waals surface area (Å²) in [7, 11) is 1.96. The molecule has 0 bridgehead atoms. The van der Waals surface area contributed by atoms with E-state index in [0.717, 1.165) is 48.3 Å². The van der Waals surface area contributed by atoms with Crippen molar-refractivity contribution in [3.05, 3.63) is 53.3 Å². The minimum absolute atomic E-state index is 0.0713. The highest BCUT2D eigenvalue weighted by molar-refractivity contribution is 6.30. The lowest BCUT2D eigenvalue weighted by Crippen LogP contribution is -2.35. The number of carbonyl (C=O) groups excluding carboxylic acids is 1. The van der Waals surface area contributed by atoms with Gasteiger partial charge in [0, 0.05) is 48.6 Å². The lowest BCUT2D eigenvalue weighted by molar-refractivity contribution is 0.0725. The summed E-state index contributed by atoms with van der Waals surface area (Å²) in [6.07, 6.45) is 7.01. The SMILES string of the molecule is Cn1ccc2c(Nc3ccc(Cl)cc3)ncc(C(=O)N3CCCCC3)c21. The smallest absolute Gasteiger partial charge is 0.257 e. The van der Waals surface area contributed by atoms with E-state index in [-0.39, 0.29) is 5.91 Å². The number of fused-ring (bicyclic) bond motifs is 1. The van der Waals surface area contributed by atoms with Crippen molar-refractivity contribution in [3.63, 3.8) is 0 Å². The Labute approximate surface area is 157 Å². The molecule has 26 heavy (non-hydrogen) atoms. The van der Waals surface area contributed by atoms with Gasteiger partial charge in [0.2, 0.25) is 0 Å². The molecule has 1 fully saturated rings. The summed E-state index contributed by atoms with van der Waals surface area (Å²) in [5.41, 5.74) is 2.48. The zero-order valence-corrected chi connectivity index (χ0v) is 15.5. The van der Waals surface area contributed by atoms with Gasteiger partial charge in [-0.3, -0.25) is 4.79 Å². The molecule has 0 atom stereocenters. The number of halogens is 1. The van der Waals surface area contributed by atoms with Crippen LogP contribution in [0.1, 0.15) is 29.6 Å². The standard InChI is InChI=1S/C20H21ClN4O/c1-24-12-9-16-18(24)17(20(26)25-10-3-2-4-11-25)13-22-19(16)23-15-7-5-14(21)6-8-15/h5-9,12-13H,2-4,10-11H2,1H3,(H,22,23). The van der Waals surface area contributed by atoms with Gasteiger partial charge in [-0.15, -0.1) is 0 Å². The summed E-state index contributed by atoms with van der Waals surface area (Å²) < 4.78 is 1.99. The van der Waals surface area contributed by atoms with Gasteiger partial charge in [-0.2, -0.15) is 0 Å². The van der Waals surface area contributed by atoms with Gasteiger partial charge in [-0.1, -0.05) is 11.6 Å². The molecule has 0 saturated carbocycles. The first-order valence-electron chi connectivity index (χ1n) is 8.89. The Balaban J connectivity index is 1.71. The van der Waals surface area contributed by atoms with Crippen molar-refractivity contribution < 1.29 is 4.79 Å². The number of carbonyl (C=O) groups is 1. The van der Waals surface area contributed by atoms with Crippen LogP contribution in [0.15, 0.2) is 42.7 Å². The van der Waals surface area contributed by atoms with Gasteiger partial charge in [0.05, 0.1) is 11.1 Å². The van der Waals surface area contributed by atoms with Gasteiger partial charge in [0.1, 0.15) is 5.82 Å². The molecule has 1 aliphatic heterocycles. The molecule has 2 aromatic heterocycles. The molecule has 3 aromatic rings. The van der Waals surface area contributed by atoms with Crippen LogP contribution in [0.25, 0.3) is 10.9 Å². The summed E-state index contributed by atoms with van der Waals surface area (Å²) >= 11 is 5.95. The molecule has 0 unspecified atom stereocenters. The van der Waals surface area contributed by atoms with Crippen LogP contribution in [0.4, 0.5) is 11.5 Å². The predicted octanol–water partition coefficient (Wildman–Crippen LogP) is 4.60. The van der Waals surface area contributed by atoms with E-state index in [0.29, 0.717) is 10.6 Å². The third kappa shape index (κ3) is 3.15. The van der Waals surface area contributed by atoms with Crippen LogP contribution >= 0.6 is 11.6 Å². The molecule has 1 aliphatic rings. The number of hydrogen-bond donors (Lipinski definition) is 1. The van der Waals surface area contributed by atoms with E-state index >= 15 is 0 Å². The van der Waals surface area contributed by atoms with E-state index in [9.17, 15) is 4.79 Å². The molecule has 1 amide bonds. The first-order chi connectivity index (χ1) is 12.6. The monoisotopic (exact) mass is 368 g/mol. The molecule has 4 rings (SSSR count). The van der Waals surface area contributed by atoms with Crippen molar-refractivity contribution in [1.82, 2.24) is 14.5 Å². The molecule has 1 aromatic carbocycles. The number of likely N-dealkylation sites (tertiary alicyclic amines) is 1. The van der Waals surface area contributed by atoms with Crippen LogP contribution in [0.3, 0.4) is 0 Å². The summed E-state index contributed by atoms with van der Waals surface area (Å²) in [5.74, 6) is 0.806. The Morgan fingerprint density at radius 2 is 1.85 bits per heavy atom. The average Bonchev–Trinajstić information content (AvgIpc) is 3.06. The Bertz CT molecular complexity index is 942. The zero-order chi connectivity index (χ0) is 18.1. The molecule has 0 aliphatic carbocycles. The van der Waals surface area contributed by atoms with Gasteiger partial charge in [-0.25, -0.2) is 4.98 Å². The van der Waals surface area contributed by atoms with Crippen molar-refractivity contribution in [1.29, 1.82) is 0 Å². The van der Waals surface area contributed by atoms with E-state index in [1.54, 1.807) is 6.20 Å². The number of amides is 1. The number of piperidine rings is 1. The zero-order valence-electron chi connectivity index (χ0n) is 14.7. The maximum absolute atomic E-state index is 13.0. The summed E-state index contributed by atoms with van der Waals surface area (Å²) in [5, 5.41) is 4.95. The van der Waals surface area contributed by atoms with Gasteiger partial charge < -0.3 is 14.8 Å². The molecule has 5 nitrogen and oxygen atoms in total. The molecule has 1 saturated heterocycles. The number of nitrogens with zero attached hydrogens (tertiary/aromatic N) is 3. The third-order valence-corrected chi connectivity index (χ3v) is 5.14. The van der Waals surface area contributed by atoms with Gasteiger partial charge >= 0.3 is 0 Å². The maximum Gasteiger partial charge on any atom is 0.257 e. The van der Waals surface area contributed by atoms with E-state index < -0.39 is 0 Å². The molecule has 0 spiro atoms. The minimum atomic E-state index is 0.0713. The fourth-order valence-corrected chi connectivity index (χ4v) is 3.64. The second-order valence-electron chi connectivity index (χ2n) is 6.69. The molecular formula is C20H21ClN4O. The largest absolute Gasteiger partial charge is 0.350 e. The first kappa shape index (κ1) is 16.9. The van der Waals surface area contributed by atoms with Crippen LogP contribution in [0, 0.1) is 0 Å². The van der Waals surface area contributed by atoms with Crippen molar-refractivity contribution in [2.75, 3.05) is 18.4 Å². The van der Waals surface area contributed by atoms with E-state index in [4.69, 9.17) is 11.6 Å². The quantitative estimate of drug-likeness (QED) is 0.735. The number of aryl methyl sites for hydroxylation is 1. The van der Waals surface area contributed by atoms with Gasteiger partial charge in [0.15, 0.2) is 0 Å². The Morgan fingerprint density at radius 1 is 1.12 bits per heavy atom. The Kier molecular flexibility index (Phi) is 4.55. The van der Waals surface area contributed by atoms with Crippen LogP contribution in [0.2, 0.25) is 5.02 Å². The predicted molar refractivity (Wildman–Crippen MR) is 105 cm³/mol. The van der Waals surface area contributed by atoms with Crippen LogP contribution in [-0.2, 0) is 7.05 Å². The fourth-order valence-electron chi connectivity index (χ4n) is 3.51. The Hall–Kier alpha value is -2.53. The number of anilines is 2. The molecule has 1 N–H and O–H groups in total. The lowest BCUT2D eigenvalue weighted by Gasteiger charge is -2.27. The number of hydrogen-bond acceptors (Lipinski definition) is 3. The Morgan fingerprint density at radius 3 is 2.58 bits per heavy atom. The maximum atomic E-state index is 13.0. The third-order valence-electron chi connectivity index (χ3n) is 4.89. The summed E-state index contributed by atoms with van der Waals surface area (Å²) in [6.45, 7) is 1.66. The van der Waals surface area contributed by atoms with Gasteiger partial charge in [-0.05, 0) is 49.6 Å². The number of nitrogens with one attached hydrogen (secondary N) is 1. The van der Waals surface area contributed by atoms with E-state index in [2.05, 4.69) is 10.3 Å². The second-order valence-corrected chi connectivity index (χ2v) is 7.13. The lowest BCUT2D eigenvalue weighted by atomic mass is 10.1. The van der Waals surface area contributed by atoms with Crippen LogP contribution in [-0.4, -0.2) is 33.4 Å². The normalized spacial score (nSPS) is 14.6. The number of pyridine rings is 1. The van der Waals surface area contributed by atoms with Crippen LogP contribution in [0.5, 0.6) is 0 Å². The van der Waals surface area contributed by atoms with Crippen molar-refractivity contribution >= 4 is 39.9 Å². The molecular weight excluding hydrogens is 348 g/mol. The van der Waals surface area contributed by atoms with Crippen LogP contribution < -0.4 is 5.32 Å². The topological polar surface area (TPSA) is 50.2 Å². The highest BCUT2D eigenvalue weighted by Gasteiger charge is 2.22.